The van der Waals surface area contributed by atoms with Gasteiger partial charge in [-0.1, -0.05) is 114 Å². The number of aliphatic hydroxyl groups is 1. The summed E-state index contributed by atoms with van der Waals surface area (Å²) in [6.07, 6.45) is 11.7. The summed E-state index contributed by atoms with van der Waals surface area (Å²) in [6.45, 7) is 10.8. The lowest BCUT2D eigenvalue weighted by atomic mass is 9.85. The van der Waals surface area contributed by atoms with Crippen LogP contribution in [0.25, 0.3) is 10.4 Å². The van der Waals surface area contributed by atoms with Crippen molar-refractivity contribution in [3.8, 4) is 10.4 Å². The van der Waals surface area contributed by atoms with Gasteiger partial charge in [0.15, 0.2) is 0 Å². The molecule has 0 bridgehead atoms. The quantitative estimate of drug-likeness (QED) is 0.103. The number of β-amino-alcohol motifs (C(OH)–C–C–N with tert-alkyl or cyclic N) is 1. The Labute approximate surface area is 383 Å². The van der Waals surface area contributed by atoms with Crippen molar-refractivity contribution in [2.24, 2.45) is 16.4 Å². The highest BCUT2D eigenvalue weighted by molar-refractivity contribution is 7.13. The standard InChI is InChI=1S/C50H69N7O6S/c1-34(36-21-23-38(24-22-36)45-35(2)51-33-64-45)53-47(61)42-31-40(58)32-56(42)49(63)46(50(3,4)5)54-43(59)19-15-10-8-6-7-9-11-16-20-44(60)55-29-26-39(27-30-55)48(62)57-41(25-28-52-57)37-17-13-12-14-18-37/h12-14,17-18,21-24,28,33-34,39-42,46,58H,6-11,15-16,19-20,25-27,29-32H2,1-5H3,(H,53,61)(H,54,59)/t34-,40+,41?,42-,46+/m0/s1. The van der Waals surface area contributed by atoms with Crippen molar-refractivity contribution in [1.29, 1.82) is 0 Å². The number of hydrogen-bond acceptors (Lipinski definition) is 9. The first-order valence-corrected chi connectivity index (χ1v) is 24.4. The monoisotopic (exact) mass is 896 g/mol. The van der Waals surface area contributed by atoms with Crippen LogP contribution in [-0.2, 0) is 24.0 Å². The molecular weight excluding hydrogens is 827 g/mol. The molecule has 4 heterocycles. The summed E-state index contributed by atoms with van der Waals surface area (Å²) >= 11 is 1.58. The van der Waals surface area contributed by atoms with Gasteiger partial charge >= 0.3 is 0 Å². The molecule has 0 saturated carbocycles. The highest BCUT2D eigenvalue weighted by Crippen LogP contribution is 2.33. The highest BCUT2D eigenvalue weighted by atomic mass is 32.1. The Morgan fingerprint density at radius 2 is 1.50 bits per heavy atom. The van der Waals surface area contributed by atoms with Crippen LogP contribution in [0.3, 0.4) is 0 Å². The van der Waals surface area contributed by atoms with E-state index in [0.717, 1.165) is 78.6 Å². The summed E-state index contributed by atoms with van der Waals surface area (Å²) in [4.78, 5) is 76.0. The Hall–Kier alpha value is -4.95. The molecule has 5 atom stereocenters. The number of benzene rings is 2. The molecular formula is C50H69N7O6S. The van der Waals surface area contributed by atoms with E-state index in [9.17, 15) is 29.1 Å². The van der Waals surface area contributed by atoms with Gasteiger partial charge in [0.05, 0.1) is 34.3 Å². The molecule has 1 aromatic heterocycles. The van der Waals surface area contributed by atoms with E-state index >= 15 is 0 Å². The Kier molecular flexibility index (Phi) is 17.3. The third-order valence-corrected chi connectivity index (χ3v) is 14.0. The molecule has 5 amide bonds. The lowest BCUT2D eigenvalue weighted by Gasteiger charge is -2.35. The van der Waals surface area contributed by atoms with Gasteiger partial charge in [-0.25, -0.2) is 9.99 Å². The van der Waals surface area contributed by atoms with E-state index in [1.165, 1.54) is 4.90 Å². The van der Waals surface area contributed by atoms with Gasteiger partial charge in [-0.2, -0.15) is 5.10 Å². The normalized spacial score (nSPS) is 20.0. The third kappa shape index (κ3) is 12.9. The number of amides is 5. The van der Waals surface area contributed by atoms with Crippen LogP contribution in [0.1, 0.15) is 146 Å². The van der Waals surface area contributed by atoms with Crippen LogP contribution in [0.4, 0.5) is 0 Å². The van der Waals surface area contributed by atoms with E-state index in [0.29, 0.717) is 45.2 Å². The van der Waals surface area contributed by atoms with Gasteiger partial charge in [-0.3, -0.25) is 24.0 Å². The number of carbonyl (C=O) groups excluding carboxylic acids is 5. The Morgan fingerprint density at radius 3 is 2.12 bits per heavy atom. The first-order chi connectivity index (χ1) is 30.7. The second kappa shape index (κ2) is 22.8. The first-order valence-electron chi connectivity index (χ1n) is 23.5. The summed E-state index contributed by atoms with van der Waals surface area (Å²) in [5, 5.41) is 22.7. The fourth-order valence-electron chi connectivity index (χ4n) is 9.17. The predicted octanol–water partition coefficient (Wildman–Crippen LogP) is 7.89. The number of aryl methyl sites for hydroxylation is 1. The molecule has 6 rings (SSSR count). The molecule has 3 N–H and O–H groups in total. The SMILES string of the molecule is Cc1ncsc1-c1ccc([C@H](C)NC(=O)[C@@H]2C[C@@H](O)CN2C(=O)[C@@H](NC(=O)CCCCCCCCCCC(=O)N2CCC(C(=O)N3N=CCC3c3ccccc3)CC2)C(C)(C)C)cc1. The van der Waals surface area contributed by atoms with E-state index in [1.54, 1.807) is 16.3 Å². The van der Waals surface area contributed by atoms with Gasteiger partial charge in [-0.15, -0.1) is 11.3 Å². The molecule has 2 saturated heterocycles. The number of hydrazone groups is 1. The molecule has 0 radical (unpaired) electrons. The zero-order chi connectivity index (χ0) is 45.8. The highest BCUT2D eigenvalue weighted by Gasteiger charge is 2.45. The smallest absolute Gasteiger partial charge is 0.246 e. The lowest BCUT2D eigenvalue weighted by molar-refractivity contribution is -0.144. The lowest BCUT2D eigenvalue weighted by Crippen LogP contribution is -2.57. The molecule has 64 heavy (non-hydrogen) atoms. The third-order valence-electron chi connectivity index (χ3n) is 13.0. The Bertz CT molecular complexity index is 2060. The second-order valence-corrected chi connectivity index (χ2v) is 19.9. The molecule has 0 aliphatic carbocycles. The number of thiazole rings is 1. The Morgan fingerprint density at radius 1 is 0.859 bits per heavy atom. The van der Waals surface area contributed by atoms with E-state index in [1.807, 2.05) is 106 Å². The molecule has 3 aliphatic rings. The van der Waals surface area contributed by atoms with E-state index in [4.69, 9.17) is 0 Å². The van der Waals surface area contributed by atoms with Gasteiger partial charge in [-0.05, 0) is 61.6 Å². The number of aliphatic hydroxyl groups excluding tert-OH is 1. The molecule has 346 valence electrons. The summed E-state index contributed by atoms with van der Waals surface area (Å²) in [5.41, 5.74) is 5.26. The predicted molar refractivity (Wildman–Crippen MR) is 251 cm³/mol. The molecule has 3 aromatic rings. The van der Waals surface area contributed by atoms with E-state index in [-0.39, 0.29) is 60.5 Å². The average Bonchev–Trinajstić information content (AvgIpc) is 4.06. The maximum absolute atomic E-state index is 14.1. The van der Waals surface area contributed by atoms with Crippen molar-refractivity contribution < 1.29 is 29.1 Å². The zero-order valence-corrected chi connectivity index (χ0v) is 39.3. The van der Waals surface area contributed by atoms with Crippen molar-refractivity contribution in [3.05, 3.63) is 76.9 Å². The molecule has 1 unspecified atom stereocenters. The molecule has 2 fully saturated rings. The van der Waals surface area contributed by atoms with E-state index < -0.39 is 23.6 Å². The fraction of sp³-hybridized carbons (Fsp3) is 0.580. The van der Waals surface area contributed by atoms with Crippen LogP contribution in [0.2, 0.25) is 0 Å². The summed E-state index contributed by atoms with van der Waals surface area (Å²) < 4.78 is 0. The number of carbonyl (C=O) groups is 5. The number of nitrogens with zero attached hydrogens (tertiary/aromatic N) is 5. The second-order valence-electron chi connectivity index (χ2n) is 19.0. The van der Waals surface area contributed by atoms with Crippen LogP contribution >= 0.6 is 11.3 Å². The number of aromatic nitrogens is 1. The molecule has 13 nitrogen and oxygen atoms in total. The molecule has 14 heteroatoms. The summed E-state index contributed by atoms with van der Waals surface area (Å²) in [5.74, 6) is -0.769. The van der Waals surface area contributed by atoms with Crippen molar-refractivity contribution >= 4 is 47.1 Å². The largest absolute Gasteiger partial charge is 0.391 e. The minimum Gasteiger partial charge on any atom is -0.391 e. The van der Waals surface area contributed by atoms with Crippen LogP contribution in [-0.4, -0.2) is 98.5 Å². The number of unbranched alkanes of at least 4 members (excludes halogenated alkanes) is 7. The number of rotatable bonds is 19. The number of nitrogens with one attached hydrogen (secondary N) is 2. The van der Waals surface area contributed by atoms with E-state index in [2.05, 4.69) is 20.7 Å². The minimum absolute atomic E-state index is 0.0288. The van der Waals surface area contributed by atoms with Gasteiger partial charge < -0.3 is 25.5 Å². The van der Waals surface area contributed by atoms with Crippen LogP contribution in [0.5, 0.6) is 0 Å². The topological polar surface area (TPSA) is 165 Å². The molecule has 3 aliphatic heterocycles. The van der Waals surface area contributed by atoms with Crippen LogP contribution in [0.15, 0.2) is 65.2 Å². The maximum Gasteiger partial charge on any atom is 0.246 e. The zero-order valence-electron chi connectivity index (χ0n) is 38.5. The first kappa shape index (κ1) is 48.5. The number of piperidine rings is 1. The minimum atomic E-state index is -0.855. The van der Waals surface area contributed by atoms with Crippen LogP contribution < -0.4 is 10.6 Å². The average molecular weight is 896 g/mol. The fourth-order valence-corrected chi connectivity index (χ4v) is 9.98. The molecule has 2 aromatic carbocycles. The number of hydrogen-bond donors (Lipinski definition) is 3. The Balaban J connectivity index is 0.837. The maximum atomic E-state index is 14.1. The van der Waals surface area contributed by atoms with Gasteiger partial charge in [0.25, 0.3) is 0 Å². The summed E-state index contributed by atoms with van der Waals surface area (Å²) in [7, 11) is 0. The van der Waals surface area contributed by atoms with Gasteiger partial charge in [0.1, 0.15) is 12.1 Å². The number of likely N-dealkylation sites (tertiary alicyclic amines) is 2. The van der Waals surface area contributed by atoms with Gasteiger partial charge in [0.2, 0.25) is 29.5 Å². The van der Waals surface area contributed by atoms with Gasteiger partial charge in [0, 0.05) is 57.5 Å². The van der Waals surface area contributed by atoms with Crippen molar-refractivity contribution in [1.82, 2.24) is 30.4 Å². The van der Waals surface area contributed by atoms with Crippen molar-refractivity contribution in [3.63, 3.8) is 0 Å². The molecule has 0 spiro atoms. The summed E-state index contributed by atoms with van der Waals surface area (Å²) in [6, 6.07) is 16.0. The van der Waals surface area contributed by atoms with Crippen molar-refractivity contribution in [2.45, 2.75) is 155 Å². The van der Waals surface area contributed by atoms with Crippen LogP contribution in [0, 0.1) is 18.3 Å². The van der Waals surface area contributed by atoms with Crippen molar-refractivity contribution in [2.75, 3.05) is 19.6 Å².